The third-order valence-corrected chi connectivity index (χ3v) is 0.783. The maximum absolute atomic E-state index is 7.11. The van der Waals surface area contributed by atoms with Gasteiger partial charge in [-0.3, -0.25) is 0 Å². The fourth-order valence-corrected chi connectivity index (χ4v) is 0.377. The molecule has 0 saturated heterocycles. The van der Waals surface area contributed by atoms with E-state index in [4.69, 9.17) is 11.1 Å². The minimum atomic E-state index is 0. The minimum Gasteiger partial charge on any atom is -0.402 e. The second kappa shape index (κ2) is 3.24. The Balaban J connectivity index is 0. The molecule has 2 heteroatoms. The number of hydrogen-bond donors (Lipinski definition) is 2. The van der Waals surface area contributed by atoms with Gasteiger partial charge in [0.1, 0.15) is 0 Å². The molecular weight excluding hydrogens is 100 g/mol. The molecule has 48 valence electrons. The van der Waals surface area contributed by atoms with E-state index in [1.165, 1.54) is 0 Å². The van der Waals surface area contributed by atoms with Crippen molar-refractivity contribution in [3.8, 4) is 0 Å². The van der Waals surface area contributed by atoms with E-state index in [0.29, 0.717) is 11.4 Å². The van der Waals surface area contributed by atoms with E-state index in [2.05, 4.69) is 0 Å². The summed E-state index contributed by atoms with van der Waals surface area (Å²) in [4.78, 5) is 0. The van der Waals surface area contributed by atoms with E-state index in [-0.39, 0.29) is 1.43 Å². The van der Waals surface area contributed by atoms with Crippen molar-refractivity contribution >= 4 is 5.71 Å². The van der Waals surface area contributed by atoms with Crippen molar-refractivity contribution in [1.29, 1.82) is 5.41 Å². The Morgan fingerprint density at radius 3 is 2.50 bits per heavy atom. The highest BCUT2D eigenvalue weighted by atomic mass is 14.6. The normalized spacial score (nSPS) is 11.5. The SMILES string of the molecule is CCC(=N)/C=C(/C)N.[HH]. The van der Waals surface area contributed by atoms with Gasteiger partial charge in [-0.25, -0.2) is 0 Å². The minimum absolute atomic E-state index is 0. The molecule has 0 amide bonds. The quantitative estimate of drug-likeness (QED) is 0.525. The molecule has 0 spiro atoms. The Labute approximate surface area is 51.4 Å². The maximum Gasteiger partial charge on any atom is 0.0328 e. The topological polar surface area (TPSA) is 49.9 Å². The Morgan fingerprint density at radius 1 is 1.88 bits per heavy atom. The number of allylic oxidation sites excluding steroid dienone is 2. The first-order chi connectivity index (χ1) is 3.66. The van der Waals surface area contributed by atoms with Crippen molar-refractivity contribution in [2.75, 3.05) is 0 Å². The van der Waals surface area contributed by atoms with Gasteiger partial charge in [0, 0.05) is 12.8 Å². The fourth-order valence-electron chi connectivity index (χ4n) is 0.377. The zero-order chi connectivity index (χ0) is 6.57. The first-order valence-corrected chi connectivity index (χ1v) is 2.68. The molecule has 0 rings (SSSR count). The maximum atomic E-state index is 7.11. The summed E-state index contributed by atoms with van der Waals surface area (Å²) in [6.45, 7) is 3.71. The van der Waals surface area contributed by atoms with Crippen molar-refractivity contribution in [3.63, 3.8) is 0 Å². The highest BCUT2D eigenvalue weighted by molar-refractivity contribution is 5.92. The van der Waals surface area contributed by atoms with Gasteiger partial charge in [-0.1, -0.05) is 6.92 Å². The summed E-state index contributed by atoms with van der Waals surface area (Å²) in [5.74, 6) is 0. The van der Waals surface area contributed by atoms with Crippen molar-refractivity contribution in [1.82, 2.24) is 0 Å². The molecule has 0 fully saturated rings. The van der Waals surface area contributed by atoms with E-state index in [9.17, 15) is 0 Å². The third kappa shape index (κ3) is 3.40. The molecule has 0 aliphatic carbocycles. The molecule has 0 aromatic carbocycles. The lowest BCUT2D eigenvalue weighted by Crippen LogP contribution is -1.95. The van der Waals surface area contributed by atoms with Crippen LogP contribution in [0.3, 0.4) is 0 Å². The van der Waals surface area contributed by atoms with Crippen LogP contribution >= 0.6 is 0 Å². The van der Waals surface area contributed by atoms with Crippen molar-refractivity contribution in [2.24, 2.45) is 5.73 Å². The molecule has 0 saturated carbocycles. The average molecular weight is 114 g/mol. The molecule has 0 aliphatic rings. The van der Waals surface area contributed by atoms with Gasteiger partial charge in [0.2, 0.25) is 0 Å². The largest absolute Gasteiger partial charge is 0.402 e. The Hall–Kier alpha value is -0.790. The average Bonchev–Trinajstić information content (AvgIpc) is 1.65. The number of nitrogens with two attached hydrogens (primary N) is 1. The van der Waals surface area contributed by atoms with E-state index in [1.807, 2.05) is 6.92 Å². The molecule has 0 bridgehead atoms. The lowest BCUT2D eigenvalue weighted by molar-refractivity contribution is 1.23. The van der Waals surface area contributed by atoms with Crippen molar-refractivity contribution in [3.05, 3.63) is 11.8 Å². The summed E-state index contributed by atoms with van der Waals surface area (Å²) in [7, 11) is 0. The number of rotatable bonds is 2. The molecule has 3 N–H and O–H groups in total. The molecule has 0 aromatic heterocycles. The van der Waals surface area contributed by atoms with Gasteiger partial charge >= 0.3 is 0 Å². The summed E-state index contributed by atoms with van der Waals surface area (Å²) in [5, 5.41) is 7.11. The van der Waals surface area contributed by atoms with Gasteiger partial charge in [-0.15, -0.1) is 0 Å². The lowest BCUT2D eigenvalue weighted by Gasteiger charge is -1.89. The zero-order valence-electron chi connectivity index (χ0n) is 5.36. The van der Waals surface area contributed by atoms with Crippen LogP contribution in [0.1, 0.15) is 21.7 Å². The predicted molar refractivity (Wildman–Crippen MR) is 38.1 cm³/mol. The van der Waals surface area contributed by atoms with Crippen LogP contribution < -0.4 is 5.73 Å². The smallest absolute Gasteiger partial charge is 0.0328 e. The standard InChI is InChI=1S/C6H12N2.H2/c1-3-6(8)4-5(2)7;/h4,8H,3,7H2,1-2H3;1H/b5-4-,8-6?;. The Morgan fingerprint density at radius 2 is 2.38 bits per heavy atom. The van der Waals surface area contributed by atoms with Crippen molar-refractivity contribution < 1.29 is 1.43 Å². The highest BCUT2D eigenvalue weighted by Crippen LogP contribution is 1.86. The van der Waals surface area contributed by atoms with Crippen LogP contribution in [0.2, 0.25) is 0 Å². The first kappa shape index (κ1) is 7.21. The second-order valence-corrected chi connectivity index (χ2v) is 1.77. The second-order valence-electron chi connectivity index (χ2n) is 1.77. The molecule has 0 unspecified atom stereocenters. The van der Waals surface area contributed by atoms with E-state index in [1.54, 1.807) is 13.0 Å². The summed E-state index contributed by atoms with van der Waals surface area (Å²) >= 11 is 0. The summed E-state index contributed by atoms with van der Waals surface area (Å²) < 4.78 is 0. The summed E-state index contributed by atoms with van der Waals surface area (Å²) in [6, 6.07) is 0. The number of hydrogen-bond acceptors (Lipinski definition) is 2. The third-order valence-electron chi connectivity index (χ3n) is 0.783. The van der Waals surface area contributed by atoms with Gasteiger partial charge in [-0.2, -0.15) is 0 Å². The molecular formula is C6H14N2. The van der Waals surface area contributed by atoms with Crippen LogP contribution in [0, 0.1) is 5.41 Å². The predicted octanol–water partition coefficient (Wildman–Crippen LogP) is 1.52. The highest BCUT2D eigenvalue weighted by Gasteiger charge is 1.83. The molecule has 0 aliphatic heterocycles. The lowest BCUT2D eigenvalue weighted by atomic mass is 10.2. The molecule has 0 radical (unpaired) electrons. The molecule has 2 nitrogen and oxygen atoms in total. The van der Waals surface area contributed by atoms with Crippen LogP contribution in [-0.2, 0) is 0 Å². The Kier molecular flexibility index (Phi) is 2.92. The van der Waals surface area contributed by atoms with Crippen molar-refractivity contribution in [2.45, 2.75) is 20.3 Å². The van der Waals surface area contributed by atoms with E-state index in [0.717, 1.165) is 6.42 Å². The Bertz CT molecular complexity index is 114. The van der Waals surface area contributed by atoms with Crippen LogP contribution in [0.5, 0.6) is 0 Å². The van der Waals surface area contributed by atoms with Crippen LogP contribution in [0.25, 0.3) is 0 Å². The van der Waals surface area contributed by atoms with Gasteiger partial charge in [0.05, 0.1) is 0 Å². The molecule has 0 aromatic rings. The zero-order valence-corrected chi connectivity index (χ0v) is 5.36. The monoisotopic (exact) mass is 114 g/mol. The fraction of sp³-hybridized carbons (Fsp3) is 0.500. The van der Waals surface area contributed by atoms with Crippen LogP contribution in [0.15, 0.2) is 11.8 Å². The molecule has 8 heavy (non-hydrogen) atoms. The molecule has 0 heterocycles. The first-order valence-electron chi connectivity index (χ1n) is 2.68. The number of nitrogens with one attached hydrogen (secondary N) is 1. The van der Waals surface area contributed by atoms with Gasteiger partial charge in [0.25, 0.3) is 0 Å². The molecule has 0 atom stereocenters. The van der Waals surface area contributed by atoms with Gasteiger partial charge in [-0.05, 0) is 19.4 Å². The van der Waals surface area contributed by atoms with E-state index >= 15 is 0 Å². The summed E-state index contributed by atoms with van der Waals surface area (Å²) in [5.41, 5.74) is 6.58. The van der Waals surface area contributed by atoms with Crippen LogP contribution in [0.4, 0.5) is 0 Å². The summed E-state index contributed by atoms with van der Waals surface area (Å²) in [6.07, 6.45) is 2.43. The van der Waals surface area contributed by atoms with E-state index < -0.39 is 0 Å². The van der Waals surface area contributed by atoms with Gasteiger partial charge in [0.15, 0.2) is 0 Å². The van der Waals surface area contributed by atoms with Gasteiger partial charge < -0.3 is 11.1 Å². The van der Waals surface area contributed by atoms with Crippen LogP contribution in [-0.4, -0.2) is 5.71 Å².